The molecule has 0 fully saturated rings. The number of nitrogens with one attached hydrogen (secondary N) is 1. The summed E-state index contributed by atoms with van der Waals surface area (Å²) in [6, 6.07) is 14.2. The number of ether oxygens (including phenoxy) is 1. The highest BCUT2D eigenvalue weighted by atomic mass is 16.5. The van der Waals surface area contributed by atoms with Crippen LogP contribution in [0.1, 0.15) is 52.5 Å². The molecule has 0 aliphatic carbocycles. The van der Waals surface area contributed by atoms with Crippen LogP contribution in [0.2, 0.25) is 0 Å². The highest BCUT2D eigenvalue weighted by Gasteiger charge is 2.11. The molecule has 0 heterocycles. The Morgan fingerprint density at radius 2 is 1.75 bits per heavy atom. The number of hydrogen-bond acceptors (Lipinski definition) is 3. The highest BCUT2D eigenvalue weighted by Crippen LogP contribution is 2.13. The zero-order valence-corrected chi connectivity index (χ0v) is 14.2. The van der Waals surface area contributed by atoms with Crippen LogP contribution >= 0.6 is 0 Å². The van der Waals surface area contributed by atoms with Crippen LogP contribution < -0.4 is 5.32 Å². The molecule has 2 rings (SSSR count). The van der Waals surface area contributed by atoms with Crippen molar-refractivity contribution in [1.82, 2.24) is 0 Å². The number of amides is 1. The number of rotatable bonds is 7. The predicted octanol–water partition coefficient (Wildman–Crippen LogP) is 4.59. The van der Waals surface area contributed by atoms with Gasteiger partial charge in [-0.15, -0.1) is 0 Å². The van der Waals surface area contributed by atoms with Crippen molar-refractivity contribution in [3.05, 3.63) is 65.2 Å². The lowest BCUT2D eigenvalue weighted by molar-refractivity contribution is 0.0498. The van der Waals surface area contributed by atoms with Gasteiger partial charge < -0.3 is 10.1 Å². The minimum Gasteiger partial charge on any atom is -0.462 e. The molecule has 0 aliphatic heterocycles. The molecule has 4 heteroatoms. The summed E-state index contributed by atoms with van der Waals surface area (Å²) in [5.41, 5.74) is 2.62. The maximum Gasteiger partial charge on any atom is 0.338 e. The molecule has 0 saturated carbocycles. The molecular weight excluding hydrogens is 302 g/mol. The molecule has 24 heavy (non-hydrogen) atoms. The van der Waals surface area contributed by atoms with Gasteiger partial charge in [0.25, 0.3) is 5.91 Å². The van der Waals surface area contributed by atoms with Gasteiger partial charge in [-0.25, -0.2) is 4.79 Å². The number of carbonyl (C=O) groups excluding carboxylic acids is 2. The quantitative estimate of drug-likeness (QED) is 0.598. The number of carbonyl (C=O) groups is 2. The van der Waals surface area contributed by atoms with E-state index >= 15 is 0 Å². The van der Waals surface area contributed by atoms with Crippen LogP contribution in [0.4, 0.5) is 5.69 Å². The first-order valence-corrected chi connectivity index (χ1v) is 8.25. The van der Waals surface area contributed by atoms with Gasteiger partial charge in [-0.1, -0.05) is 38.0 Å². The van der Waals surface area contributed by atoms with Crippen molar-refractivity contribution in [2.24, 2.45) is 0 Å². The van der Waals surface area contributed by atoms with Crippen molar-refractivity contribution in [3.8, 4) is 0 Å². The van der Waals surface area contributed by atoms with Gasteiger partial charge >= 0.3 is 5.97 Å². The third-order valence-corrected chi connectivity index (χ3v) is 3.62. The first kappa shape index (κ1) is 17.7. The fraction of sp³-hybridized carbons (Fsp3) is 0.300. The second-order valence-electron chi connectivity index (χ2n) is 5.75. The molecule has 1 N–H and O–H groups in total. The normalized spacial score (nSPS) is 10.2. The Hall–Kier alpha value is -2.62. The van der Waals surface area contributed by atoms with Crippen LogP contribution in [0.3, 0.4) is 0 Å². The van der Waals surface area contributed by atoms with Gasteiger partial charge in [0.1, 0.15) is 0 Å². The molecule has 0 bridgehead atoms. The smallest absolute Gasteiger partial charge is 0.338 e. The summed E-state index contributed by atoms with van der Waals surface area (Å²) in [6.07, 6.45) is 2.97. The standard InChI is InChI=1S/C20H23NO3/c1-3-4-5-12-24-20(23)17-10-7-9-16(14-17)19(22)21-18-11-6-8-15(2)13-18/h6-11,13-14H,3-5,12H2,1-2H3,(H,21,22). The fourth-order valence-corrected chi connectivity index (χ4v) is 2.31. The zero-order chi connectivity index (χ0) is 17.4. The molecule has 2 aromatic carbocycles. The predicted molar refractivity (Wildman–Crippen MR) is 95.4 cm³/mol. The summed E-state index contributed by atoms with van der Waals surface area (Å²) in [4.78, 5) is 24.4. The lowest BCUT2D eigenvalue weighted by Crippen LogP contribution is -2.13. The van der Waals surface area contributed by atoms with E-state index in [2.05, 4.69) is 12.2 Å². The second kappa shape index (κ2) is 8.87. The lowest BCUT2D eigenvalue weighted by atomic mass is 10.1. The molecule has 2 aromatic rings. The SMILES string of the molecule is CCCCCOC(=O)c1cccc(C(=O)Nc2cccc(C)c2)c1. The number of hydrogen-bond donors (Lipinski definition) is 1. The van der Waals surface area contributed by atoms with E-state index in [0.717, 1.165) is 30.5 Å². The fourth-order valence-electron chi connectivity index (χ4n) is 2.31. The average molecular weight is 325 g/mol. The van der Waals surface area contributed by atoms with E-state index in [1.54, 1.807) is 24.3 Å². The largest absolute Gasteiger partial charge is 0.462 e. The van der Waals surface area contributed by atoms with E-state index in [-0.39, 0.29) is 5.91 Å². The topological polar surface area (TPSA) is 55.4 Å². The summed E-state index contributed by atoms with van der Waals surface area (Å²) in [5.74, 6) is -0.641. The molecule has 0 aromatic heterocycles. The summed E-state index contributed by atoms with van der Waals surface area (Å²) in [7, 11) is 0. The van der Waals surface area contributed by atoms with Gasteiger partial charge in [0.2, 0.25) is 0 Å². The van der Waals surface area contributed by atoms with E-state index in [1.165, 1.54) is 0 Å². The van der Waals surface area contributed by atoms with Gasteiger partial charge in [-0.05, 0) is 49.2 Å². The van der Waals surface area contributed by atoms with E-state index in [4.69, 9.17) is 4.74 Å². The third-order valence-electron chi connectivity index (χ3n) is 3.62. The molecule has 4 nitrogen and oxygen atoms in total. The minimum atomic E-state index is -0.392. The molecule has 0 radical (unpaired) electrons. The third kappa shape index (κ3) is 5.23. The van der Waals surface area contributed by atoms with Crippen molar-refractivity contribution >= 4 is 17.6 Å². The van der Waals surface area contributed by atoms with Crippen molar-refractivity contribution < 1.29 is 14.3 Å². The van der Waals surface area contributed by atoms with Crippen molar-refractivity contribution in [2.75, 3.05) is 11.9 Å². The molecule has 126 valence electrons. The average Bonchev–Trinajstić information content (AvgIpc) is 2.58. The van der Waals surface area contributed by atoms with Crippen molar-refractivity contribution in [1.29, 1.82) is 0 Å². The highest BCUT2D eigenvalue weighted by molar-refractivity contribution is 6.05. The number of benzene rings is 2. The van der Waals surface area contributed by atoms with E-state index < -0.39 is 5.97 Å². The summed E-state index contributed by atoms with van der Waals surface area (Å²) < 4.78 is 5.23. The Labute approximate surface area is 142 Å². The van der Waals surface area contributed by atoms with Crippen LogP contribution in [-0.2, 0) is 4.74 Å². The van der Waals surface area contributed by atoms with Crippen molar-refractivity contribution in [2.45, 2.75) is 33.1 Å². The Balaban J connectivity index is 2.01. The first-order valence-electron chi connectivity index (χ1n) is 8.25. The Morgan fingerprint density at radius 1 is 1.00 bits per heavy atom. The molecule has 1 amide bonds. The molecule has 0 unspecified atom stereocenters. The minimum absolute atomic E-state index is 0.249. The Kier molecular flexibility index (Phi) is 6.55. The monoisotopic (exact) mass is 325 g/mol. The van der Waals surface area contributed by atoms with Gasteiger partial charge in [-0.2, -0.15) is 0 Å². The van der Waals surface area contributed by atoms with Crippen LogP contribution in [0, 0.1) is 6.92 Å². The van der Waals surface area contributed by atoms with Gasteiger partial charge in [0, 0.05) is 11.3 Å². The Morgan fingerprint density at radius 3 is 2.50 bits per heavy atom. The second-order valence-corrected chi connectivity index (χ2v) is 5.75. The molecule has 0 aliphatic rings. The van der Waals surface area contributed by atoms with Crippen molar-refractivity contribution in [3.63, 3.8) is 0 Å². The number of esters is 1. The van der Waals surface area contributed by atoms with Crippen LogP contribution in [0.5, 0.6) is 0 Å². The van der Waals surface area contributed by atoms with E-state index in [0.29, 0.717) is 17.7 Å². The molecular formula is C20H23NO3. The summed E-state index contributed by atoms with van der Waals surface area (Å²) in [5, 5.41) is 2.83. The van der Waals surface area contributed by atoms with E-state index in [9.17, 15) is 9.59 Å². The molecule has 0 atom stereocenters. The number of aryl methyl sites for hydroxylation is 1. The van der Waals surface area contributed by atoms with E-state index in [1.807, 2.05) is 31.2 Å². The van der Waals surface area contributed by atoms with Gasteiger partial charge in [0.05, 0.1) is 12.2 Å². The van der Waals surface area contributed by atoms with Gasteiger partial charge in [-0.3, -0.25) is 4.79 Å². The van der Waals surface area contributed by atoms with Crippen LogP contribution in [-0.4, -0.2) is 18.5 Å². The zero-order valence-electron chi connectivity index (χ0n) is 14.2. The number of unbranched alkanes of at least 4 members (excludes halogenated alkanes) is 2. The Bertz CT molecular complexity index is 710. The summed E-state index contributed by atoms with van der Waals surface area (Å²) >= 11 is 0. The maximum atomic E-state index is 12.3. The molecule has 0 saturated heterocycles. The lowest BCUT2D eigenvalue weighted by Gasteiger charge is -2.08. The first-order chi connectivity index (χ1) is 11.6. The number of anilines is 1. The van der Waals surface area contributed by atoms with Gasteiger partial charge in [0.15, 0.2) is 0 Å². The van der Waals surface area contributed by atoms with Crippen LogP contribution in [0.25, 0.3) is 0 Å². The maximum absolute atomic E-state index is 12.3. The molecule has 0 spiro atoms. The summed E-state index contributed by atoms with van der Waals surface area (Å²) in [6.45, 7) is 4.47. The van der Waals surface area contributed by atoms with Crippen LogP contribution in [0.15, 0.2) is 48.5 Å².